The third-order valence-electron chi connectivity index (χ3n) is 4.50. The second-order valence-electron chi connectivity index (χ2n) is 6.00. The summed E-state index contributed by atoms with van der Waals surface area (Å²) in [5.74, 6) is 0.885. The van der Waals surface area contributed by atoms with Crippen LogP contribution < -0.4 is 11.1 Å². The Morgan fingerprint density at radius 1 is 1.30 bits per heavy atom. The molecule has 2 rings (SSSR count). The van der Waals surface area contributed by atoms with Gasteiger partial charge in [-0.3, -0.25) is 4.79 Å². The quantitative estimate of drug-likeness (QED) is 0.823. The molecule has 0 heterocycles. The van der Waals surface area contributed by atoms with E-state index in [1.165, 1.54) is 25.7 Å². The number of nitrogens with two attached hydrogens (primary N) is 1. The molecule has 1 aliphatic carbocycles. The molecule has 0 saturated heterocycles. The molecule has 3 N–H and O–H groups in total. The maximum absolute atomic E-state index is 12.3. The Hall–Kier alpha value is -1.51. The smallest absolute Gasteiger partial charge is 0.251 e. The van der Waals surface area contributed by atoms with Gasteiger partial charge in [-0.05, 0) is 56.2 Å². The van der Waals surface area contributed by atoms with Gasteiger partial charge in [-0.1, -0.05) is 25.8 Å². The Kier molecular flexibility index (Phi) is 5.05. The molecule has 1 aromatic rings. The molecule has 110 valence electrons. The first-order chi connectivity index (χ1) is 9.61. The number of hydrogen-bond donors (Lipinski definition) is 2. The third-order valence-corrected chi connectivity index (χ3v) is 4.50. The van der Waals surface area contributed by atoms with Crippen molar-refractivity contribution in [3.63, 3.8) is 0 Å². The van der Waals surface area contributed by atoms with Crippen LogP contribution in [0.15, 0.2) is 18.2 Å². The van der Waals surface area contributed by atoms with E-state index in [1.807, 2.05) is 25.1 Å². The number of carbonyl (C=O) groups is 1. The van der Waals surface area contributed by atoms with Crippen LogP contribution in [-0.2, 0) is 0 Å². The predicted octanol–water partition coefficient (Wildman–Crippen LogP) is 3.67. The molecule has 1 aromatic carbocycles. The van der Waals surface area contributed by atoms with Gasteiger partial charge in [0.05, 0.1) is 0 Å². The van der Waals surface area contributed by atoms with Gasteiger partial charge in [0, 0.05) is 17.3 Å². The summed E-state index contributed by atoms with van der Waals surface area (Å²) in [5, 5.41) is 3.17. The first-order valence-corrected chi connectivity index (χ1v) is 7.77. The summed E-state index contributed by atoms with van der Waals surface area (Å²) < 4.78 is 0. The summed E-state index contributed by atoms with van der Waals surface area (Å²) >= 11 is 0. The van der Waals surface area contributed by atoms with Crippen LogP contribution in [0.4, 0.5) is 5.69 Å². The molecule has 0 atom stereocenters. The van der Waals surface area contributed by atoms with E-state index < -0.39 is 0 Å². The molecule has 0 aromatic heterocycles. The van der Waals surface area contributed by atoms with Crippen molar-refractivity contribution >= 4 is 11.6 Å². The molecule has 0 unspecified atom stereocenters. The first-order valence-electron chi connectivity index (χ1n) is 7.77. The minimum absolute atomic E-state index is 0.0220. The molecule has 1 amide bonds. The van der Waals surface area contributed by atoms with Gasteiger partial charge in [0.25, 0.3) is 5.91 Å². The van der Waals surface area contributed by atoms with Gasteiger partial charge in [0.15, 0.2) is 0 Å². The second kappa shape index (κ2) is 6.78. The average Bonchev–Trinajstić information content (AvgIpc) is 2.44. The van der Waals surface area contributed by atoms with Crippen LogP contribution in [0, 0.1) is 12.8 Å². The Balaban J connectivity index is 1.91. The van der Waals surface area contributed by atoms with E-state index in [1.54, 1.807) is 0 Å². The molecule has 0 spiro atoms. The van der Waals surface area contributed by atoms with Gasteiger partial charge >= 0.3 is 0 Å². The lowest BCUT2D eigenvalue weighted by atomic mass is 9.83. The number of nitrogens with one attached hydrogen (secondary N) is 1. The summed E-state index contributed by atoms with van der Waals surface area (Å²) in [6.07, 6.45) is 7.30. The van der Waals surface area contributed by atoms with Gasteiger partial charge < -0.3 is 11.1 Å². The van der Waals surface area contributed by atoms with Crippen molar-refractivity contribution in [2.24, 2.45) is 5.92 Å². The second-order valence-corrected chi connectivity index (χ2v) is 6.00. The average molecular weight is 274 g/mol. The Bertz CT molecular complexity index is 462. The van der Waals surface area contributed by atoms with Crippen molar-refractivity contribution < 1.29 is 4.79 Å². The standard InChI is InChI=1S/C17H26N2O/c1-3-5-13-8-10-14(11-9-13)19-17(20)15-6-4-7-16(18)12(15)2/h4,6-7,13-14H,3,5,8-11,18H2,1-2H3,(H,19,20). The molecule has 0 aliphatic heterocycles. The van der Waals surface area contributed by atoms with Crippen LogP contribution in [0.3, 0.4) is 0 Å². The Labute approximate surface area is 121 Å². The van der Waals surface area contributed by atoms with E-state index in [0.717, 1.165) is 24.3 Å². The molecule has 0 radical (unpaired) electrons. The topological polar surface area (TPSA) is 55.1 Å². The number of benzene rings is 1. The lowest BCUT2D eigenvalue weighted by Gasteiger charge is -2.29. The summed E-state index contributed by atoms with van der Waals surface area (Å²) in [5.41, 5.74) is 8.14. The van der Waals surface area contributed by atoms with Gasteiger partial charge in [0.2, 0.25) is 0 Å². The largest absolute Gasteiger partial charge is 0.398 e. The fraction of sp³-hybridized carbons (Fsp3) is 0.588. The van der Waals surface area contributed by atoms with Gasteiger partial charge in [-0.2, -0.15) is 0 Å². The number of hydrogen-bond acceptors (Lipinski definition) is 2. The van der Waals surface area contributed by atoms with Gasteiger partial charge in [0.1, 0.15) is 0 Å². The number of rotatable bonds is 4. The number of amides is 1. The lowest BCUT2D eigenvalue weighted by molar-refractivity contribution is 0.0920. The summed E-state index contributed by atoms with van der Waals surface area (Å²) in [6.45, 7) is 4.15. The van der Waals surface area contributed by atoms with Crippen LogP contribution >= 0.6 is 0 Å². The fourth-order valence-electron chi connectivity index (χ4n) is 3.17. The zero-order chi connectivity index (χ0) is 14.5. The van der Waals surface area contributed by atoms with Crippen LogP contribution in [0.1, 0.15) is 61.4 Å². The minimum atomic E-state index is 0.0220. The van der Waals surface area contributed by atoms with E-state index in [-0.39, 0.29) is 5.91 Å². The van der Waals surface area contributed by atoms with Crippen molar-refractivity contribution in [3.05, 3.63) is 29.3 Å². The van der Waals surface area contributed by atoms with E-state index >= 15 is 0 Å². The van der Waals surface area contributed by atoms with Crippen molar-refractivity contribution in [2.75, 3.05) is 5.73 Å². The molecule has 1 fully saturated rings. The molecule has 1 saturated carbocycles. The van der Waals surface area contributed by atoms with E-state index in [2.05, 4.69) is 12.2 Å². The van der Waals surface area contributed by atoms with Crippen molar-refractivity contribution in [1.29, 1.82) is 0 Å². The zero-order valence-electron chi connectivity index (χ0n) is 12.6. The highest BCUT2D eigenvalue weighted by molar-refractivity contribution is 5.97. The van der Waals surface area contributed by atoms with Crippen molar-refractivity contribution in [1.82, 2.24) is 5.32 Å². The Morgan fingerprint density at radius 2 is 2.00 bits per heavy atom. The summed E-state index contributed by atoms with van der Waals surface area (Å²) in [4.78, 5) is 12.3. The molecule has 1 aliphatic rings. The third kappa shape index (κ3) is 3.53. The maximum Gasteiger partial charge on any atom is 0.251 e. The monoisotopic (exact) mass is 274 g/mol. The molecule has 3 heteroatoms. The number of nitrogen functional groups attached to an aromatic ring is 1. The first kappa shape index (κ1) is 14.9. The molecule has 3 nitrogen and oxygen atoms in total. The normalized spacial score (nSPS) is 22.5. The Morgan fingerprint density at radius 3 is 2.65 bits per heavy atom. The fourth-order valence-corrected chi connectivity index (χ4v) is 3.17. The van der Waals surface area contributed by atoms with Crippen LogP contribution in [-0.4, -0.2) is 11.9 Å². The van der Waals surface area contributed by atoms with Crippen molar-refractivity contribution in [2.45, 2.75) is 58.4 Å². The number of anilines is 1. The van der Waals surface area contributed by atoms with E-state index in [0.29, 0.717) is 17.3 Å². The van der Waals surface area contributed by atoms with Gasteiger partial charge in [-0.15, -0.1) is 0 Å². The predicted molar refractivity (Wildman–Crippen MR) is 83.7 cm³/mol. The maximum atomic E-state index is 12.3. The highest BCUT2D eigenvalue weighted by atomic mass is 16.1. The van der Waals surface area contributed by atoms with Gasteiger partial charge in [-0.25, -0.2) is 0 Å². The summed E-state index contributed by atoms with van der Waals surface area (Å²) in [7, 11) is 0. The molecule has 20 heavy (non-hydrogen) atoms. The zero-order valence-corrected chi connectivity index (χ0v) is 12.6. The van der Waals surface area contributed by atoms with Crippen molar-refractivity contribution in [3.8, 4) is 0 Å². The number of carbonyl (C=O) groups excluding carboxylic acids is 1. The minimum Gasteiger partial charge on any atom is -0.398 e. The van der Waals surface area contributed by atoms with Crippen LogP contribution in [0.25, 0.3) is 0 Å². The van der Waals surface area contributed by atoms with E-state index in [9.17, 15) is 4.79 Å². The molecule has 0 bridgehead atoms. The van der Waals surface area contributed by atoms with E-state index in [4.69, 9.17) is 5.73 Å². The van der Waals surface area contributed by atoms with Crippen LogP contribution in [0.2, 0.25) is 0 Å². The van der Waals surface area contributed by atoms with Crippen LogP contribution in [0.5, 0.6) is 0 Å². The lowest BCUT2D eigenvalue weighted by Crippen LogP contribution is -2.38. The highest BCUT2D eigenvalue weighted by Crippen LogP contribution is 2.28. The SMILES string of the molecule is CCCC1CCC(NC(=O)c2cccc(N)c2C)CC1. The molecular formula is C17H26N2O. The molecular weight excluding hydrogens is 248 g/mol. The summed E-state index contributed by atoms with van der Waals surface area (Å²) in [6, 6.07) is 5.86. The highest BCUT2D eigenvalue weighted by Gasteiger charge is 2.22.